The van der Waals surface area contributed by atoms with E-state index < -0.39 is 6.29 Å². The number of hydrogen-bond donors (Lipinski definition) is 3. The number of carbonyl (C=O) groups excluding carboxylic acids is 1. The van der Waals surface area contributed by atoms with E-state index in [4.69, 9.17) is 9.15 Å². The second-order valence-electron chi connectivity index (χ2n) is 7.67. The third-order valence-corrected chi connectivity index (χ3v) is 5.76. The lowest BCUT2D eigenvalue weighted by Gasteiger charge is -2.11. The number of carbonyl (C=O) groups is 1. The van der Waals surface area contributed by atoms with Crippen molar-refractivity contribution in [1.82, 2.24) is 10.3 Å². The van der Waals surface area contributed by atoms with Crippen molar-refractivity contribution in [3.63, 3.8) is 0 Å². The van der Waals surface area contributed by atoms with Gasteiger partial charge in [-0.05, 0) is 48.0 Å². The van der Waals surface area contributed by atoms with E-state index in [1.54, 1.807) is 31.4 Å². The molecule has 1 unspecified atom stereocenters. The van der Waals surface area contributed by atoms with Crippen LogP contribution in [-0.2, 0) is 4.74 Å². The molecule has 2 aromatic heterocycles. The molecule has 0 aliphatic carbocycles. The Balaban J connectivity index is 1.82. The summed E-state index contributed by atoms with van der Waals surface area (Å²) in [6.07, 6.45) is 0.759. The maximum Gasteiger partial charge on any atom is 0.255 e. The molecule has 3 aromatic carbocycles. The summed E-state index contributed by atoms with van der Waals surface area (Å²) in [4.78, 5) is 16.2. The van der Waals surface area contributed by atoms with Crippen LogP contribution < -0.4 is 5.32 Å². The Kier molecular flexibility index (Phi) is 5.20. The quantitative estimate of drug-likeness (QED) is 0.318. The van der Waals surface area contributed by atoms with E-state index in [9.17, 15) is 14.3 Å². The van der Waals surface area contributed by atoms with Gasteiger partial charge in [0.2, 0.25) is 0 Å². The zero-order valence-electron chi connectivity index (χ0n) is 18.0. The second kappa shape index (κ2) is 8.20. The standard InChI is InChI=1S/C26H21FN2O4/c1-28-25(30)21-20-13-19(15-4-3-5-16(12-15)26(31)32-2)22-18(10-11-29-22)24(20)33-23(21)14-6-8-17(27)9-7-14/h3-13,26,29,31H,1-2H3,(H,28,30). The van der Waals surface area contributed by atoms with Crippen LogP contribution >= 0.6 is 0 Å². The van der Waals surface area contributed by atoms with Gasteiger partial charge in [0.15, 0.2) is 6.29 Å². The number of amides is 1. The van der Waals surface area contributed by atoms with Crippen molar-refractivity contribution < 1.29 is 23.4 Å². The molecular formula is C26H21FN2O4. The fourth-order valence-electron chi connectivity index (χ4n) is 4.16. The van der Waals surface area contributed by atoms with Gasteiger partial charge in [-0.2, -0.15) is 0 Å². The van der Waals surface area contributed by atoms with Crippen molar-refractivity contribution in [3.8, 4) is 22.5 Å². The van der Waals surface area contributed by atoms with E-state index >= 15 is 0 Å². The number of hydrogen-bond acceptors (Lipinski definition) is 4. The molecule has 5 rings (SSSR count). The number of fused-ring (bicyclic) bond motifs is 3. The van der Waals surface area contributed by atoms with Crippen molar-refractivity contribution in [3.05, 3.63) is 83.8 Å². The van der Waals surface area contributed by atoms with Crippen LogP contribution in [0.3, 0.4) is 0 Å². The number of H-pyrrole nitrogens is 1. The number of benzene rings is 3. The van der Waals surface area contributed by atoms with Crippen LogP contribution in [0.5, 0.6) is 0 Å². The highest BCUT2D eigenvalue weighted by Gasteiger charge is 2.25. The molecule has 0 radical (unpaired) electrons. The van der Waals surface area contributed by atoms with Crippen LogP contribution in [0.25, 0.3) is 44.3 Å². The summed E-state index contributed by atoms with van der Waals surface area (Å²) >= 11 is 0. The maximum absolute atomic E-state index is 13.5. The van der Waals surface area contributed by atoms with Gasteiger partial charge in [-0.25, -0.2) is 4.39 Å². The zero-order valence-corrected chi connectivity index (χ0v) is 18.0. The average Bonchev–Trinajstić information content (AvgIpc) is 3.48. The summed E-state index contributed by atoms with van der Waals surface area (Å²) in [6.45, 7) is 0. The second-order valence-corrected chi connectivity index (χ2v) is 7.67. The van der Waals surface area contributed by atoms with Crippen LogP contribution in [0.15, 0.2) is 71.3 Å². The molecular weight excluding hydrogens is 423 g/mol. The molecule has 33 heavy (non-hydrogen) atoms. The number of methoxy groups -OCH3 is 1. The summed E-state index contributed by atoms with van der Waals surface area (Å²) in [6, 6.07) is 17.0. The predicted molar refractivity (Wildman–Crippen MR) is 124 cm³/mol. The SMILES string of the molecule is CNC(=O)c1c(-c2ccc(F)cc2)oc2c1cc(-c1cccc(C(O)OC)c1)c1[nH]ccc12. The molecule has 166 valence electrons. The van der Waals surface area contributed by atoms with Crippen LogP contribution in [-0.4, -0.2) is 30.2 Å². The first kappa shape index (κ1) is 20.9. The van der Waals surface area contributed by atoms with Gasteiger partial charge >= 0.3 is 0 Å². The molecule has 0 bridgehead atoms. The van der Waals surface area contributed by atoms with Gasteiger partial charge in [-0.15, -0.1) is 0 Å². The molecule has 0 fully saturated rings. The smallest absolute Gasteiger partial charge is 0.255 e. The molecule has 7 heteroatoms. The minimum absolute atomic E-state index is 0.308. The number of rotatable bonds is 5. The molecule has 0 spiro atoms. The van der Waals surface area contributed by atoms with Crippen molar-refractivity contribution in [2.24, 2.45) is 0 Å². The number of aliphatic hydroxyl groups excluding tert-OH is 1. The Morgan fingerprint density at radius 3 is 2.61 bits per heavy atom. The highest BCUT2D eigenvalue weighted by atomic mass is 19.1. The van der Waals surface area contributed by atoms with Gasteiger partial charge < -0.3 is 24.6 Å². The topological polar surface area (TPSA) is 87.5 Å². The van der Waals surface area contributed by atoms with E-state index in [-0.39, 0.29) is 11.7 Å². The lowest BCUT2D eigenvalue weighted by atomic mass is 9.96. The Morgan fingerprint density at radius 2 is 1.88 bits per heavy atom. The van der Waals surface area contributed by atoms with E-state index in [0.29, 0.717) is 33.4 Å². The van der Waals surface area contributed by atoms with Crippen molar-refractivity contribution >= 4 is 27.8 Å². The number of nitrogens with one attached hydrogen (secondary N) is 2. The summed E-state index contributed by atoms with van der Waals surface area (Å²) in [5.41, 5.74) is 4.64. The largest absolute Gasteiger partial charge is 0.454 e. The third-order valence-electron chi connectivity index (χ3n) is 5.76. The lowest BCUT2D eigenvalue weighted by Crippen LogP contribution is -2.18. The van der Waals surface area contributed by atoms with Gasteiger partial charge in [0.1, 0.15) is 17.2 Å². The highest BCUT2D eigenvalue weighted by Crippen LogP contribution is 2.41. The van der Waals surface area contributed by atoms with Gasteiger partial charge in [0.25, 0.3) is 5.91 Å². The summed E-state index contributed by atoms with van der Waals surface area (Å²) < 4.78 is 24.8. The molecule has 1 atom stereocenters. The minimum Gasteiger partial charge on any atom is -0.454 e. The fraction of sp³-hybridized carbons (Fsp3) is 0.115. The first-order valence-corrected chi connectivity index (χ1v) is 10.4. The van der Waals surface area contributed by atoms with Crippen molar-refractivity contribution in [2.45, 2.75) is 6.29 Å². The number of halogens is 1. The molecule has 0 aliphatic heterocycles. The number of ether oxygens (including phenoxy) is 1. The third kappa shape index (κ3) is 3.47. The van der Waals surface area contributed by atoms with Gasteiger partial charge in [0, 0.05) is 47.8 Å². The van der Waals surface area contributed by atoms with Gasteiger partial charge in [0.05, 0.1) is 11.1 Å². The Labute approximate surface area is 188 Å². The Bertz CT molecular complexity index is 1480. The normalized spacial score (nSPS) is 12.4. The molecule has 2 heterocycles. The lowest BCUT2D eigenvalue weighted by molar-refractivity contribution is -0.0769. The van der Waals surface area contributed by atoms with Crippen molar-refractivity contribution in [2.75, 3.05) is 14.2 Å². The average molecular weight is 444 g/mol. The molecule has 0 saturated heterocycles. The van der Waals surface area contributed by atoms with Gasteiger partial charge in [-0.1, -0.05) is 18.2 Å². The summed E-state index contributed by atoms with van der Waals surface area (Å²) in [7, 11) is 2.99. The van der Waals surface area contributed by atoms with Crippen LogP contribution in [0, 0.1) is 5.82 Å². The number of aromatic nitrogens is 1. The van der Waals surface area contributed by atoms with Crippen molar-refractivity contribution in [1.29, 1.82) is 0 Å². The number of furan rings is 1. The van der Waals surface area contributed by atoms with E-state index in [2.05, 4.69) is 10.3 Å². The maximum atomic E-state index is 13.5. The van der Waals surface area contributed by atoms with E-state index in [1.807, 2.05) is 30.3 Å². The summed E-state index contributed by atoms with van der Waals surface area (Å²) in [5.74, 6) is -0.310. The molecule has 1 amide bonds. The molecule has 0 aliphatic rings. The molecule has 6 nitrogen and oxygen atoms in total. The monoisotopic (exact) mass is 444 g/mol. The minimum atomic E-state index is -1.05. The molecule has 3 N–H and O–H groups in total. The van der Waals surface area contributed by atoms with Crippen LogP contribution in [0.1, 0.15) is 22.2 Å². The van der Waals surface area contributed by atoms with Crippen LogP contribution in [0.2, 0.25) is 0 Å². The van der Waals surface area contributed by atoms with E-state index in [0.717, 1.165) is 22.0 Å². The predicted octanol–water partition coefficient (Wildman–Crippen LogP) is 5.38. The highest BCUT2D eigenvalue weighted by molar-refractivity contribution is 6.19. The number of aliphatic hydroxyl groups is 1. The zero-order chi connectivity index (χ0) is 23.1. The first-order valence-electron chi connectivity index (χ1n) is 10.4. The van der Waals surface area contributed by atoms with E-state index in [1.165, 1.54) is 19.2 Å². The fourth-order valence-corrected chi connectivity index (χ4v) is 4.16. The number of aromatic amines is 1. The molecule has 5 aromatic rings. The van der Waals surface area contributed by atoms with Gasteiger partial charge in [-0.3, -0.25) is 4.79 Å². The Hall–Kier alpha value is -3.94. The Morgan fingerprint density at radius 1 is 1.09 bits per heavy atom. The molecule has 0 saturated carbocycles. The first-order chi connectivity index (χ1) is 16.0. The van der Waals surface area contributed by atoms with Crippen LogP contribution in [0.4, 0.5) is 4.39 Å². The summed E-state index contributed by atoms with van der Waals surface area (Å²) in [5, 5.41) is 14.2.